The SMILES string of the molecule is CCOc1ccc(C2CCC(C3CCC(C=C(F)F)SC3)CC2)c(F)c1F. The second-order valence-electron chi connectivity index (χ2n) is 7.49. The predicted octanol–water partition coefficient (Wildman–Crippen LogP) is 6.93. The lowest BCUT2D eigenvalue weighted by Crippen LogP contribution is -2.27. The Balaban J connectivity index is 1.55. The minimum absolute atomic E-state index is 0.0278. The number of benzene rings is 1. The minimum Gasteiger partial charge on any atom is -0.491 e. The van der Waals surface area contributed by atoms with E-state index in [-0.39, 0.29) is 16.9 Å². The van der Waals surface area contributed by atoms with Gasteiger partial charge in [-0.15, -0.1) is 0 Å². The van der Waals surface area contributed by atoms with E-state index in [4.69, 9.17) is 4.74 Å². The highest BCUT2D eigenvalue weighted by Gasteiger charge is 2.32. The van der Waals surface area contributed by atoms with E-state index >= 15 is 0 Å². The molecule has 0 radical (unpaired) electrons. The average molecular weight is 402 g/mol. The summed E-state index contributed by atoms with van der Waals surface area (Å²) in [6.45, 7) is 2.04. The van der Waals surface area contributed by atoms with Crippen LogP contribution in [0.2, 0.25) is 0 Å². The number of ether oxygens (including phenoxy) is 1. The molecule has 1 saturated heterocycles. The van der Waals surface area contributed by atoms with Gasteiger partial charge in [0.25, 0.3) is 6.08 Å². The summed E-state index contributed by atoms with van der Waals surface area (Å²) >= 11 is 1.62. The highest BCUT2D eigenvalue weighted by Crippen LogP contribution is 2.44. The van der Waals surface area contributed by atoms with Crippen molar-refractivity contribution in [2.75, 3.05) is 12.4 Å². The summed E-state index contributed by atoms with van der Waals surface area (Å²) in [6, 6.07) is 3.19. The molecule has 150 valence electrons. The number of hydrogen-bond donors (Lipinski definition) is 0. The summed E-state index contributed by atoms with van der Waals surface area (Å²) in [4.78, 5) is 0. The smallest absolute Gasteiger partial charge is 0.267 e. The lowest BCUT2D eigenvalue weighted by Gasteiger charge is -2.37. The fraction of sp³-hybridized carbons (Fsp3) is 0.619. The van der Waals surface area contributed by atoms with Crippen LogP contribution in [0.1, 0.15) is 56.9 Å². The van der Waals surface area contributed by atoms with E-state index in [0.29, 0.717) is 24.0 Å². The molecule has 1 aromatic carbocycles. The van der Waals surface area contributed by atoms with E-state index in [2.05, 4.69) is 0 Å². The lowest BCUT2D eigenvalue weighted by atomic mass is 9.73. The standard InChI is InChI=1S/C21H26F4OS/c1-2-26-18-10-9-17(20(24)21(18)25)14-5-3-13(4-6-14)15-7-8-16(27-12-15)11-19(22)23/h9-11,13-16H,2-8,12H2,1H3. The first-order chi connectivity index (χ1) is 13.0. The van der Waals surface area contributed by atoms with Gasteiger partial charge in [-0.1, -0.05) is 6.07 Å². The molecule has 1 aromatic rings. The highest BCUT2D eigenvalue weighted by molar-refractivity contribution is 8.00. The van der Waals surface area contributed by atoms with Crippen LogP contribution >= 0.6 is 11.8 Å². The Morgan fingerprint density at radius 2 is 1.74 bits per heavy atom. The summed E-state index contributed by atoms with van der Waals surface area (Å²) in [5, 5.41) is -0.0662. The third-order valence-electron chi connectivity index (χ3n) is 5.91. The van der Waals surface area contributed by atoms with Crippen molar-refractivity contribution >= 4 is 11.8 Å². The van der Waals surface area contributed by atoms with Crippen LogP contribution in [0.15, 0.2) is 24.3 Å². The molecule has 0 spiro atoms. The van der Waals surface area contributed by atoms with Gasteiger partial charge >= 0.3 is 0 Å². The average Bonchev–Trinajstić information content (AvgIpc) is 2.66. The molecular weight excluding hydrogens is 376 g/mol. The van der Waals surface area contributed by atoms with E-state index in [1.165, 1.54) is 6.07 Å². The van der Waals surface area contributed by atoms with Crippen LogP contribution < -0.4 is 4.74 Å². The molecule has 1 nitrogen and oxygen atoms in total. The lowest BCUT2D eigenvalue weighted by molar-refractivity contribution is 0.231. The molecule has 2 aliphatic rings. The molecule has 2 atom stereocenters. The predicted molar refractivity (Wildman–Crippen MR) is 101 cm³/mol. The van der Waals surface area contributed by atoms with Crippen molar-refractivity contribution in [3.8, 4) is 5.75 Å². The first-order valence-electron chi connectivity index (χ1n) is 9.74. The first kappa shape index (κ1) is 20.6. The molecule has 1 saturated carbocycles. The number of hydrogen-bond acceptors (Lipinski definition) is 2. The van der Waals surface area contributed by atoms with Gasteiger partial charge in [0.05, 0.1) is 6.61 Å². The molecule has 1 heterocycles. The Morgan fingerprint density at radius 3 is 2.33 bits per heavy atom. The molecule has 3 rings (SSSR count). The van der Waals surface area contributed by atoms with Gasteiger partial charge in [-0.25, -0.2) is 4.39 Å². The summed E-state index contributed by atoms with van der Waals surface area (Å²) in [5.74, 6) is 0.365. The summed E-state index contributed by atoms with van der Waals surface area (Å²) in [7, 11) is 0. The minimum atomic E-state index is -1.59. The maximum atomic E-state index is 14.4. The van der Waals surface area contributed by atoms with Crippen molar-refractivity contribution in [2.45, 2.75) is 56.6 Å². The Labute approximate surface area is 162 Å². The van der Waals surface area contributed by atoms with E-state index in [1.54, 1.807) is 24.8 Å². The van der Waals surface area contributed by atoms with Crippen molar-refractivity contribution < 1.29 is 22.3 Å². The van der Waals surface area contributed by atoms with Gasteiger partial charge < -0.3 is 4.74 Å². The van der Waals surface area contributed by atoms with E-state index in [0.717, 1.165) is 50.4 Å². The summed E-state index contributed by atoms with van der Waals surface area (Å²) in [5.41, 5.74) is 0.455. The second kappa shape index (κ2) is 9.35. The molecule has 0 amide bonds. The monoisotopic (exact) mass is 402 g/mol. The van der Waals surface area contributed by atoms with Gasteiger partial charge in [0, 0.05) is 5.25 Å². The third-order valence-corrected chi connectivity index (χ3v) is 7.33. The zero-order chi connectivity index (χ0) is 19.4. The molecule has 1 aliphatic carbocycles. The maximum Gasteiger partial charge on any atom is 0.267 e. The molecule has 2 unspecified atom stereocenters. The van der Waals surface area contributed by atoms with E-state index in [9.17, 15) is 17.6 Å². The molecule has 0 aromatic heterocycles. The van der Waals surface area contributed by atoms with Crippen LogP contribution in [-0.4, -0.2) is 17.6 Å². The Kier molecular flexibility index (Phi) is 7.12. The van der Waals surface area contributed by atoms with Crippen molar-refractivity contribution in [1.29, 1.82) is 0 Å². The largest absolute Gasteiger partial charge is 0.491 e. The van der Waals surface area contributed by atoms with Gasteiger partial charge in [0.2, 0.25) is 5.82 Å². The number of rotatable bonds is 5. The Bertz CT molecular complexity index is 658. The van der Waals surface area contributed by atoms with Crippen LogP contribution in [0.4, 0.5) is 17.6 Å². The van der Waals surface area contributed by atoms with E-state index < -0.39 is 17.7 Å². The van der Waals surface area contributed by atoms with Crippen LogP contribution in [-0.2, 0) is 0 Å². The van der Waals surface area contributed by atoms with Crippen molar-refractivity contribution in [3.05, 3.63) is 41.5 Å². The van der Waals surface area contributed by atoms with Gasteiger partial charge in [-0.3, -0.25) is 0 Å². The van der Waals surface area contributed by atoms with Crippen molar-refractivity contribution in [1.82, 2.24) is 0 Å². The number of halogens is 4. The van der Waals surface area contributed by atoms with Gasteiger partial charge in [-0.2, -0.15) is 24.9 Å². The number of thioether (sulfide) groups is 1. The van der Waals surface area contributed by atoms with Crippen LogP contribution in [0.25, 0.3) is 0 Å². The quantitative estimate of drug-likeness (QED) is 0.494. The molecule has 1 aliphatic heterocycles. The third kappa shape index (κ3) is 5.01. The summed E-state index contributed by atoms with van der Waals surface area (Å²) < 4.78 is 58.5. The normalized spacial score (nSPS) is 28.6. The van der Waals surface area contributed by atoms with E-state index in [1.807, 2.05) is 0 Å². The molecule has 0 N–H and O–H groups in total. The van der Waals surface area contributed by atoms with Gasteiger partial charge in [-0.05, 0) is 86.7 Å². The van der Waals surface area contributed by atoms with Crippen LogP contribution in [0.3, 0.4) is 0 Å². The molecule has 2 fully saturated rings. The zero-order valence-electron chi connectivity index (χ0n) is 15.5. The first-order valence-corrected chi connectivity index (χ1v) is 10.8. The molecule has 0 bridgehead atoms. The highest BCUT2D eigenvalue weighted by atomic mass is 32.2. The maximum absolute atomic E-state index is 14.4. The van der Waals surface area contributed by atoms with Gasteiger partial charge in [0.15, 0.2) is 11.6 Å². The summed E-state index contributed by atoms with van der Waals surface area (Å²) in [6.07, 6.45) is 4.92. The Morgan fingerprint density at radius 1 is 1.04 bits per heavy atom. The van der Waals surface area contributed by atoms with Crippen molar-refractivity contribution in [3.63, 3.8) is 0 Å². The second-order valence-corrected chi connectivity index (χ2v) is 8.76. The fourth-order valence-corrected chi connectivity index (χ4v) is 5.90. The van der Waals surface area contributed by atoms with Crippen LogP contribution in [0, 0.1) is 23.5 Å². The Hall–Kier alpha value is -1.17. The molecular formula is C21H26F4OS. The van der Waals surface area contributed by atoms with Gasteiger partial charge in [0.1, 0.15) is 0 Å². The molecule has 27 heavy (non-hydrogen) atoms. The van der Waals surface area contributed by atoms with Crippen LogP contribution in [0.5, 0.6) is 5.75 Å². The topological polar surface area (TPSA) is 9.23 Å². The fourth-order valence-electron chi connectivity index (χ4n) is 4.47. The zero-order valence-corrected chi connectivity index (χ0v) is 16.3. The van der Waals surface area contributed by atoms with Crippen molar-refractivity contribution in [2.24, 2.45) is 11.8 Å². The molecule has 6 heteroatoms.